The van der Waals surface area contributed by atoms with Crippen molar-refractivity contribution in [3.63, 3.8) is 0 Å². The molecule has 132 valence electrons. The summed E-state index contributed by atoms with van der Waals surface area (Å²) in [6.45, 7) is 4.18. The zero-order valence-corrected chi connectivity index (χ0v) is 15.0. The SMILES string of the molecule is Cc1cccc(CNCCCN2C(=O)NC3(CCCC3)C2=O)c1.Cl. The van der Waals surface area contributed by atoms with E-state index in [2.05, 4.69) is 41.8 Å². The molecule has 0 radical (unpaired) electrons. The second-order valence-electron chi connectivity index (χ2n) is 6.70. The third-order valence-corrected chi connectivity index (χ3v) is 4.85. The number of rotatable bonds is 6. The summed E-state index contributed by atoms with van der Waals surface area (Å²) in [6.07, 6.45) is 4.41. The average Bonchev–Trinajstić information content (AvgIpc) is 3.07. The highest BCUT2D eigenvalue weighted by molar-refractivity contribution is 6.07. The molecule has 1 heterocycles. The van der Waals surface area contributed by atoms with Gasteiger partial charge in [0.2, 0.25) is 0 Å². The molecule has 0 atom stereocenters. The van der Waals surface area contributed by atoms with Crippen molar-refractivity contribution >= 4 is 24.3 Å². The summed E-state index contributed by atoms with van der Waals surface area (Å²) in [4.78, 5) is 25.9. The molecule has 2 fully saturated rings. The van der Waals surface area contributed by atoms with E-state index in [1.54, 1.807) is 0 Å². The molecule has 24 heavy (non-hydrogen) atoms. The minimum absolute atomic E-state index is 0. The van der Waals surface area contributed by atoms with E-state index < -0.39 is 5.54 Å². The maximum absolute atomic E-state index is 12.5. The number of nitrogens with one attached hydrogen (secondary N) is 2. The lowest BCUT2D eigenvalue weighted by Crippen LogP contribution is -2.44. The van der Waals surface area contributed by atoms with E-state index in [0.29, 0.717) is 6.54 Å². The molecular weight excluding hydrogens is 326 g/mol. The fraction of sp³-hybridized carbons (Fsp3) is 0.556. The van der Waals surface area contributed by atoms with Crippen molar-refractivity contribution in [1.82, 2.24) is 15.5 Å². The van der Waals surface area contributed by atoms with Gasteiger partial charge >= 0.3 is 6.03 Å². The molecule has 0 bridgehead atoms. The van der Waals surface area contributed by atoms with Crippen LogP contribution in [0.2, 0.25) is 0 Å². The van der Waals surface area contributed by atoms with Crippen molar-refractivity contribution in [2.24, 2.45) is 0 Å². The fourth-order valence-electron chi connectivity index (χ4n) is 3.61. The number of urea groups is 1. The highest BCUT2D eigenvalue weighted by Gasteiger charge is 2.51. The highest BCUT2D eigenvalue weighted by atomic mass is 35.5. The molecule has 1 saturated heterocycles. The first-order valence-corrected chi connectivity index (χ1v) is 8.51. The minimum Gasteiger partial charge on any atom is -0.323 e. The molecule has 1 aliphatic heterocycles. The zero-order chi connectivity index (χ0) is 16.3. The third kappa shape index (κ3) is 3.90. The molecule has 1 spiro atoms. The normalized spacial score (nSPS) is 18.8. The summed E-state index contributed by atoms with van der Waals surface area (Å²) in [6, 6.07) is 8.19. The first kappa shape index (κ1) is 18.7. The number of nitrogens with zero attached hydrogens (tertiary/aromatic N) is 1. The lowest BCUT2D eigenvalue weighted by atomic mass is 9.98. The molecule has 0 aromatic heterocycles. The van der Waals surface area contributed by atoms with Crippen molar-refractivity contribution in [3.05, 3.63) is 35.4 Å². The molecule has 2 aliphatic rings. The van der Waals surface area contributed by atoms with Crippen LogP contribution < -0.4 is 10.6 Å². The number of imide groups is 1. The Labute approximate surface area is 149 Å². The fourth-order valence-corrected chi connectivity index (χ4v) is 3.61. The summed E-state index contributed by atoms with van der Waals surface area (Å²) in [7, 11) is 0. The van der Waals surface area contributed by atoms with E-state index in [1.165, 1.54) is 16.0 Å². The lowest BCUT2D eigenvalue weighted by molar-refractivity contribution is -0.131. The number of hydrogen-bond acceptors (Lipinski definition) is 3. The second-order valence-corrected chi connectivity index (χ2v) is 6.70. The summed E-state index contributed by atoms with van der Waals surface area (Å²) in [5, 5.41) is 6.29. The molecule has 1 aliphatic carbocycles. The summed E-state index contributed by atoms with van der Waals surface area (Å²) < 4.78 is 0. The Morgan fingerprint density at radius 3 is 2.71 bits per heavy atom. The maximum Gasteiger partial charge on any atom is 0.325 e. The number of aryl methyl sites for hydroxylation is 1. The van der Waals surface area contributed by atoms with E-state index in [4.69, 9.17) is 0 Å². The Morgan fingerprint density at radius 2 is 2.00 bits per heavy atom. The number of amides is 3. The average molecular weight is 352 g/mol. The summed E-state index contributed by atoms with van der Waals surface area (Å²) in [5.41, 5.74) is 1.93. The van der Waals surface area contributed by atoms with E-state index >= 15 is 0 Å². The Kier molecular flexibility index (Phi) is 6.24. The number of carbonyl (C=O) groups excluding carboxylic acids is 2. The predicted octanol–water partition coefficient (Wildman–Crippen LogP) is 2.76. The molecular formula is C18H26ClN3O2. The number of hydrogen-bond donors (Lipinski definition) is 2. The third-order valence-electron chi connectivity index (χ3n) is 4.85. The van der Waals surface area contributed by atoms with Gasteiger partial charge in [0.1, 0.15) is 5.54 Å². The molecule has 6 heteroatoms. The number of carbonyl (C=O) groups is 2. The molecule has 3 rings (SSSR count). The van der Waals surface area contributed by atoms with Crippen molar-refractivity contribution in [2.75, 3.05) is 13.1 Å². The van der Waals surface area contributed by atoms with Gasteiger partial charge < -0.3 is 10.6 Å². The van der Waals surface area contributed by atoms with Crippen LogP contribution in [0.3, 0.4) is 0 Å². The van der Waals surface area contributed by atoms with Gasteiger partial charge in [0.15, 0.2) is 0 Å². The molecule has 2 N–H and O–H groups in total. The second kappa shape index (κ2) is 7.99. The molecule has 1 aromatic rings. The van der Waals surface area contributed by atoms with Crippen LogP contribution in [0.15, 0.2) is 24.3 Å². The maximum atomic E-state index is 12.5. The summed E-state index contributed by atoms with van der Waals surface area (Å²) >= 11 is 0. The van der Waals surface area contributed by atoms with Crippen LogP contribution in [0, 0.1) is 6.92 Å². The smallest absolute Gasteiger partial charge is 0.323 e. The van der Waals surface area contributed by atoms with Gasteiger partial charge in [-0.3, -0.25) is 9.69 Å². The Balaban J connectivity index is 0.00000208. The van der Waals surface area contributed by atoms with E-state index in [9.17, 15) is 9.59 Å². The first-order chi connectivity index (χ1) is 11.1. The van der Waals surface area contributed by atoms with Gasteiger partial charge in [-0.25, -0.2) is 4.79 Å². The predicted molar refractivity (Wildman–Crippen MR) is 96.2 cm³/mol. The van der Waals surface area contributed by atoms with E-state index in [0.717, 1.165) is 45.2 Å². The van der Waals surface area contributed by atoms with Gasteiger partial charge in [-0.15, -0.1) is 12.4 Å². The Bertz CT molecular complexity index is 600. The van der Waals surface area contributed by atoms with Crippen LogP contribution in [-0.4, -0.2) is 35.5 Å². The van der Waals surface area contributed by atoms with E-state index in [1.807, 2.05) is 0 Å². The Hall–Kier alpha value is -1.59. The van der Waals surface area contributed by atoms with Gasteiger partial charge in [-0.1, -0.05) is 42.7 Å². The largest absolute Gasteiger partial charge is 0.325 e. The molecule has 1 saturated carbocycles. The highest BCUT2D eigenvalue weighted by Crippen LogP contribution is 2.34. The van der Waals surface area contributed by atoms with Crippen LogP contribution in [0.25, 0.3) is 0 Å². The van der Waals surface area contributed by atoms with Crippen LogP contribution >= 0.6 is 12.4 Å². The van der Waals surface area contributed by atoms with Crippen molar-refractivity contribution < 1.29 is 9.59 Å². The zero-order valence-electron chi connectivity index (χ0n) is 14.1. The molecule has 1 aromatic carbocycles. The monoisotopic (exact) mass is 351 g/mol. The molecule has 3 amide bonds. The number of benzene rings is 1. The molecule has 0 unspecified atom stereocenters. The van der Waals surface area contributed by atoms with Gasteiger partial charge in [0.25, 0.3) is 5.91 Å². The summed E-state index contributed by atoms with van der Waals surface area (Å²) in [5.74, 6) is -0.0151. The van der Waals surface area contributed by atoms with Crippen molar-refractivity contribution in [1.29, 1.82) is 0 Å². The van der Waals surface area contributed by atoms with Crippen molar-refractivity contribution in [3.8, 4) is 0 Å². The van der Waals surface area contributed by atoms with Crippen LogP contribution in [0.5, 0.6) is 0 Å². The van der Waals surface area contributed by atoms with Crippen LogP contribution in [-0.2, 0) is 11.3 Å². The van der Waals surface area contributed by atoms with Gasteiger partial charge in [0, 0.05) is 13.1 Å². The van der Waals surface area contributed by atoms with Crippen LogP contribution in [0.4, 0.5) is 4.79 Å². The van der Waals surface area contributed by atoms with Gasteiger partial charge in [-0.05, 0) is 38.3 Å². The Morgan fingerprint density at radius 1 is 1.25 bits per heavy atom. The lowest BCUT2D eigenvalue weighted by Gasteiger charge is -2.20. The topological polar surface area (TPSA) is 61.4 Å². The van der Waals surface area contributed by atoms with Crippen molar-refractivity contribution in [2.45, 2.75) is 51.1 Å². The molecule has 5 nitrogen and oxygen atoms in total. The quantitative estimate of drug-likeness (QED) is 0.612. The van der Waals surface area contributed by atoms with Crippen LogP contribution in [0.1, 0.15) is 43.2 Å². The van der Waals surface area contributed by atoms with Gasteiger partial charge in [0.05, 0.1) is 0 Å². The van der Waals surface area contributed by atoms with E-state index in [-0.39, 0.29) is 24.3 Å². The standard InChI is InChI=1S/C18H25N3O2.ClH/c1-14-6-4-7-15(12-14)13-19-10-5-11-21-16(22)18(20-17(21)23)8-2-3-9-18;/h4,6-7,12,19H,2-3,5,8-11,13H2,1H3,(H,20,23);1H. The first-order valence-electron chi connectivity index (χ1n) is 8.51. The van der Waals surface area contributed by atoms with Gasteiger partial charge in [-0.2, -0.15) is 0 Å². The number of halogens is 1. The minimum atomic E-state index is -0.577.